The van der Waals surface area contributed by atoms with Gasteiger partial charge in [-0.15, -0.1) is 5.10 Å². The number of hydrogen-bond donors (Lipinski definition) is 1. The summed E-state index contributed by atoms with van der Waals surface area (Å²) in [6.45, 7) is 1.57. The summed E-state index contributed by atoms with van der Waals surface area (Å²) in [4.78, 5) is 20.7. The van der Waals surface area contributed by atoms with Crippen LogP contribution in [-0.4, -0.2) is 63.5 Å². The van der Waals surface area contributed by atoms with Gasteiger partial charge in [0.2, 0.25) is 5.95 Å². The molecule has 1 aliphatic rings. The summed E-state index contributed by atoms with van der Waals surface area (Å²) >= 11 is 0. The number of fused-ring (bicyclic) bond motifs is 1. The summed E-state index contributed by atoms with van der Waals surface area (Å²) in [5.41, 5.74) is 8.94. The molecule has 2 N–H and O–H groups in total. The maximum Gasteiger partial charge on any atom is 0.253 e. The normalized spacial score (nSPS) is 14.9. The zero-order valence-corrected chi connectivity index (χ0v) is 14.3. The topological polar surface area (TPSA) is 79.8 Å². The first-order chi connectivity index (χ1) is 12.0. The number of nitrogens with zero attached hydrogens (tertiary/aromatic N) is 5. The molecule has 1 fully saturated rings. The lowest BCUT2D eigenvalue weighted by Gasteiger charge is -2.42. The van der Waals surface area contributed by atoms with Gasteiger partial charge in [0.25, 0.3) is 5.91 Å². The van der Waals surface area contributed by atoms with E-state index in [9.17, 15) is 4.79 Å². The minimum absolute atomic E-state index is 0.0767. The van der Waals surface area contributed by atoms with Crippen LogP contribution < -0.4 is 5.73 Å². The van der Waals surface area contributed by atoms with Crippen molar-refractivity contribution in [2.45, 2.75) is 6.04 Å². The van der Waals surface area contributed by atoms with E-state index in [2.05, 4.69) is 15.0 Å². The van der Waals surface area contributed by atoms with Crippen molar-refractivity contribution < 1.29 is 4.79 Å². The van der Waals surface area contributed by atoms with Crippen LogP contribution in [0, 0.1) is 0 Å². The summed E-state index contributed by atoms with van der Waals surface area (Å²) in [5, 5.41) is 4.23. The maximum atomic E-state index is 12.5. The van der Waals surface area contributed by atoms with Gasteiger partial charge in [-0.25, -0.2) is 4.52 Å². The molecule has 0 radical (unpaired) electrons. The predicted molar refractivity (Wildman–Crippen MR) is 96.2 cm³/mol. The third kappa shape index (κ3) is 2.72. The Bertz CT molecular complexity index is 924. The highest BCUT2D eigenvalue weighted by Gasteiger charge is 2.32. The fraction of sp³-hybridized carbons (Fsp3) is 0.278. The van der Waals surface area contributed by atoms with E-state index in [0.717, 1.165) is 24.3 Å². The third-order valence-electron chi connectivity index (χ3n) is 4.68. The smallest absolute Gasteiger partial charge is 0.253 e. The second kappa shape index (κ2) is 5.86. The number of carbonyl (C=O) groups is 1. The minimum atomic E-state index is 0.0767. The van der Waals surface area contributed by atoms with Gasteiger partial charge in [-0.05, 0) is 38.4 Å². The lowest BCUT2D eigenvalue weighted by Crippen LogP contribution is -2.59. The summed E-state index contributed by atoms with van der Waals surface area (Å²) in [6, 6.07) is 13.8. The Morgan fingerprint density at radius 3 is 2.56 bits per heavy atom. The molecule has 0 unspecified atom stereocenters. The van der Waals surface area contributed by atoms with Gasteiger partial charge in [-0.2, -0.15) is 4.98 Å². The number of amides is 1. The first-order valence-electron chi connectivity index (χ1n) is 8.20. The lowest BCUT2D eigenvalue weighted by molar-refractivity contribution is 0.0399. The molecule has 1 saturated heterocycles. The van der Waals surface area contributed by atoms with Crippen LogP contribution in [0.2, 0.25) is 0 Å². The molecule has 2 aromatic heterocycles. The van der Waals surface area contributed by atoms with E-state index in [-0.39, 0.29) is 11.9 Å². The monoisotopic (exact) mass is 336 g/mol. The van der Waals surface area contributed by atoms with Crippen molar-refractivity contribution in [2.24, 2.45) is 0 Å². The van der Waals surface area contributed by atoms with Crippen molar-refractivity contribution in [1.29, 1.82) is 0 Å². The Hall–Kier alpha value is -2.93. The van der Waals surface area contributed by atoms with Crippen molar-refractivity contribution >= 4 is 17.5 Å². The SMILES string of the molecule is CN(C)C1CN(C(=O)c2ccc(-c3cccc4nc(N)nn34)cc2)C1. The van der Waals surface area contributed by atoms with Gasteiger partial charge in [0.1, 0.15) is 0 Å². The average Bonchev–Trinajstić information content (AvgIpc) is 2.93. The standard InChI is InChI=1S/C18H20N6O/c1-22(2)14-10-23(11-14)17(25)13-8-6-12(7-9-13)15-4-3-5-16-20-18(19)21-24(15)16/h3-9,14H,10-11H2,1-2H3,(H2,19,21). The first-order valence-corrected chi connectivity index (χ1v) is 8.20. The van der Waals surface area contributed by atoms with Crippen molar-refractivity contribution in [3.05, 3.63) is 48.0 Å². The second-order valence-corrected chi connectivity index (χ2v) is 6.56. The zero-order valence-electron chi connectivity index (χ0n) is 14.3. The fourth-order valence-electron chi connectivity index (χ4n) is 3.05. The fourth-order valence-corrected chi connectivity index (χ4v) is 3.05. The Kier molecular flexibility index (Phi) is 3.65. The van der Waals surface area contributed by atoms with Gasteiger partial charge in [0, 0.05) is 30.3 Å². The number of rotatable bonds is 3. The molecule has 1 aliphatic heterocycles. The molecule has 3 heterocycles. The molecule has 0 spiro atoms. The number of hydrogen-bond acceptors (Lipinski definition) is 5. The second-order valence-electron chi connectivity index (χ2n) is 6.56. The number of likely N-dealkylation sites (tertiary alicyclic amines) is 1. The number of pyridine rings is 1. The summed E-state index contributed by atoms with van der Waals surface area (Å²) in [7, 11) is 4.08. The molecule has 1 aromatic carbocycles. The van der Waals surface area contributed by atoms with Crippen molar-refractivity contribution in [2.75, 3.05) is 32.9 Å². The largest absolute Gasteiger partial charge is 0.366 e. The van der Waals surface area contributed by atoms with Gasteiger partial charge in [-0.3, -0.25) is 4.79 Å². The molecule has 7 heteroatoms. The van der Waals surface area contributed by atoms with Crippen molar-refractivity contribution in [3.8, 4) is 11.3 Å². The van der Waals surface area contributed by atoms with Gasteiger partial charge in [0.15, 0.2) is 5.65 Å². The first kappa shape index (κ1) is 15.6. The zero-order chi connectivity index (χ0) is 17.6. The van der Waals surface area contributed by atoms with Crippen LogP contribution in [0.1, 0.15) is 10.4 Å². The summed E-state index contributed by atoms with van der Waals surface area (Å²) in [6.07, 6.45) is 0. The summed E-state index contributed by atoms with van der Waals surface area (Å²) in [5.74, 6) is 0.320. The highest BCUT2D eigenvalue weighted by atomic mass is 16.2. The van der Waals surface area contributed by atoms with E-state index in [1.807, 2.05) is 61.5 Å². The molecular weight excluding hydrogens is 316 g/mol. The molecule has 0 bridgehead atoms. The van der Waals surface area contributed by atoms with Crippen LogP contribution in [0.25, 0.3) is 16.9 Å². The molecule has 0 aliphatic carbocycles. The number of anilines is 1. The van der Waals surface area contributed by atoms with E-state index in [1.54, 1.807) is 4.52 Å². The van der Waals surface area contributed by atoms with E-state index in [0.29, 0.717) is 17.3 Å². The molecular formula is C18H20N6O. The van der Waals surface area contributed by atoms with E-state index < -0.39 is 0 Å². The van der Waals surface area contributed by atoms with Crippen LogP contribution in [-0.2, 0) is 0 Å². The van der Waals surface area contributed by atoms with Gasteiger partial charge >= 0.3 is 0 Å². The van der Waals surface area contributed by atoms with Crippen LogP contribution in [0.5, 0.6) is 0 Å². The van der Waals surface area contributed by atoms with Gasteiger partial charge in [-0.1, -0.05) is 18.2 Å². The Morgan fingerprint density at radius 1 is 1.16 bits per heavy atom. The van der Waals surface area contributed by atoms with Crippen LogP contribution in [0.3, 0.4) is 0 Å². The Balaban J connectivity index is 1.57. The van der Waals surface area contributed by atoms with Crippen molar-refractivity contribution in [3.63, 3.8) is 0 Å². The number of nitrogens with two attached hydrogens (primary N) is 1. The van der Waals surface area contributed by atoms with Crippen molar-refractivity contribution in [1.82, 2.24) is 24.4 Å². The highest BCUT2D eigenvalue weighted by molar-refractivity contribution is 5.95. The van der Waals surface area contributed by atoms with E-state index >= 15 is 0 Å². The molecule has 0 atom stereocenters. The lowest BCUT2D eigenvalue weighted by atomic mass is 10.0. The predicted octanol–water partition coefficient (Wildman–Crippen LogP) is 1.36. The average molecular weight is 336 g/mol. The molecule has 1 amide bonds. The van der Waals surface area contributed by atoms with Gasteiger partial charge < -0.3 is 15.5 Å². The quantitative estimate of drug-likeness (QED) is 0.781. The van der Waals surface area contributed by atoms with E-state index in [4.69, 9.17) is 5.73 Å². The molecule has 25 heavy (non-hydrogen) atoms. The maximum absolute atomic E-state index is 12.5. The third-order valence-corrected chi connectivity index (χ3v) is 4.68. The Labute approximate surface area is 145 Å². The van der Waals surface area contributed by atoms with Gasteiger partial charge in [0.05, 0.1) is 5.69 Å². The van der Waals surface area contributed by atoms with Crippen LogP contribution in [0.4, 0.5) is 5.95 Å². The Morgan fingerprint density at radius 2 is 1.88 bits per heavy atom. The summed E-state index contributed by atoms with van der Waals surface area (Å²) < 4.78 is 1.71. The molecule has 0 saturated carbocycles. The molecule has 7 nitrogen and oxygen atoms in total. The number of benzene rings is 1. The van der Waals surface area contributed by atoms with Crippen LogP contribution in [0.15, 0.2) is 42.5 Å². The number of carbonyl (C=O) groups excluding carboxylic acids is 1. The van der Waals surface area contributed by atoms with E-state index in [1.165, 1.54) is 0 Å². The van der Waals surface area contributed by atoms with Crippen LogP contribution >= 0.6 is 0 Å². The number of likely N-dealkylation sites (N-methyl/N-ethyl adjacent to an activating group) is 1. The number of nitrogen functional groups attached to an aromatic ring is 1. The number of aromatic nitrogens is 3. The highest BCUT2D eigenvalue weighted by Crippen LogP contribution is 2.22. The minimum Gasteiger partial charge on any atom is -0.366 e. The molecule has 3 aromatic rings. The molecule has 128 valence electrons. The molecule has 4 rings (SSSR count).